The van der Waals surface area contributed by atoms with Crippen molar-refractivity contribution in [2.24, 2.45) is 0 Å². The molecule has 1 amide bonds. The Morgan fingerprint density at radius 2 is 1.77 bits per heavy atom. The molecular formula is C20H34N2O3S. The molecule has 0 radical (unpaired) electrons. The van der Waals surface area contributed by atoms with E-state index in [-0.39, 0.29) is 18.4 Å². The number of rotatable bonds is 15. The number of hydrogen-bond acceptors (Lipinski definition) is 4. The van der Waals surface area contributed by atoms with Gasteiger partial charge in [-0.25, -0.2) is 0 Å². The highest BCUT2D eigenvalue weighted by Gasteiger charge is 2.16. The number of nitrogens with one attached hydrogen (secondary N) is 1. The Labute approximate surface area is 161 Å². The summed E-state index contributed by atoms with van der Waals surface area (Å²) in [5.41, 5.74) is 1.46. The quantitative estimate of drug-likeness (QED) is 0.451. The van der Waals surface area contributed by atoms with E-state index >= 15 is 0 Å². The first-order chi connectivity index (χ1) is 12.5. The number of carboxylic acid groups (broad SMARTS) is 1. The second-order valence-corrected chi connectivity index (χ2v) is 8.01. The summed E-state index contributed by atoms with van der Waals surface area (Å²) in [5, 5.41) is 16.1. The number of carbonyl (C=O) groups is 2. The van der Waals surface area contributed by atoms with Crippen LogP contribution in [0.25, 0.3) is 0 Å². The highest BCUT2D eigenvalue weighted by molar-refractivity contribution is 7.07. The van der Waals surface area contributed by atoms with Gasteiger partial charge in [0, 0.05) is 13.0 Å². The third-order valence-electron chi connectivity index (χ3n) is 4.32. The van der Waals surface area contributed by atoms with Crippen molar-refractivity contribution in [2.45, 2.75) is 70.3 Å². The number of likely N-dealkylation sites (N-methyl/N-ethyl adjacent to an activating group) is 1. The van der Waals surface area contributed by atoms with Gasteiger partial charge < -0.3 is 15.3 Å². The normalized spacial score (nSPS) is 12.3. The van der Waals surface area contributed by atoms with Gasteiger partial charge in [0.05, 0.1) is 12.5 Å². The van der Waals surface area contributed by atoms with Crippen LogP contribution in [0.4, 0.5) is 0 Å². The van der Waals surface area contributed by atoms with Gasteiger partial charge in [0.2, 0.25) is 5.91 Å². The molecule has 1 atom stereocenters. The Kier molecular flexibility index (Phi) is 12.0. The van der Waals surface area contributed by atoms with Crippen molar-refractivity contribution in [3.63, 3.8) is 0 Å². The molecule has 0 aliphatic rings. The predicted molar refractivity (Wildman–Crippen MR) is 108 cm³/mol. The maximum Gasteiger partial charge on any atom is 0.305 e. The number of aliphatic carboxylic acids is 1. The second-order valence-electron chi connectivity index (χ2n) is 7.23. The zero-order valence-corrected chi connectivity index (χ0v) is 17.0. The SMILES string of the molecule is CN(C)C[C@@H](CC(=O)O)NC(=O)CCCCCCCCCc1ccsc1. The second kappa shape index (κ2) is 13.8. The zero-order chi connectivity index (χ0) is 19.2. The van der Waals surface area contributed by atoms with Crippen molar-refractivity contribution in [3.05, 3.63) is 22.4 Å². The fourth-order valence-corrected chi connectivity index (χ4v) is 3.75. The monoisotopic (exact) mass is 382 g/mol. The Balaban J connectivity index is 2.00. The molecule has 0 aliphatic heterocycles. The van der Waals surface area contributed by atoms with Gasteiger partial charge in [-0.3, -0.25) is 9.59 Å². The molecule has 0 bridgehead atoms. The molecule has 2 N–H and O–H groups in total. The number of carboxylic acids is 1. The molecule has 148 valence electrons. The predicted octanol–water partition coefficient (Wildman–Crippen LogP) is 3.93. The molecule has 0 saturated carbocycles. The van der Waals surface area contributed by atoms with Crippen LogP contribution in [0.15, 0.2) is 16.8 Å². The topological polar surface area (TPSA) is 69.6 Å². The Hall–Kier alpha value is -1.40. The molecule has 0 aromatic carbocycles. The summed E-state index contributed by atoms with van der Waals surface area (Å²) in [6, 6.07) is 1.88. The summed E-state index contributed by atoms with van der Waals surface area (Å²) < 4.78 is 0. The van der Waals surface area contributed by atoms with Crippen LogP contribution in [0.1, 0.15) is 63.4 Å². The molecule has 0 aliphatic carbocycles. The average Bonchev–Trinajstić information content (AvgIpc) is 3.05. The minimum atomic E-state index is -0.879. The number of aryl methyl sites for hydroxylation is 1. The first-order valence-electron chi connectivity index (χ1n) is 9.64. The lowest BCUT2D eigenvalue weighted by atomic mass is 10.1. The summed E-state index contributed by atoms with van der Waals surface area (Å²) in [4.78, 5) is 24.8. The van der Waals surface area contributed by atoms with Crippen molar-refractivity contribution in [1.29, 1.82) is 0 Å². The van der Waals surface area contributed by atoms with Gasteiger partial charge in [-0.05, 0) is 55.7 Å². The third kappa shape index (κ3) is 12.0. The van der Waals surface area contributed by atoms with Gasteiger partial charge in [0.15, 0.2) is 0 Å². The van der Waals surface area contributed by atoms with Crippen LogP contribution < -0.4 is 5.32 Å². The van der Waals surface area contributed by atoms with Crippen molar-refractivity contribution in [3.8, 4) is 0 Å². The van der Waals surface area contributed by atoms with Gasteiger partial charge >= 0.3 is 5.97 Å². The number of unbranched alkanes of at least 4 members (excludes halogenated alkanes) is 6. The number of hydrogen-bond donors (Lipinski definition) is 2. The van der Waals surface area contributed by atoms with E-state index in [2.05, 4.69) is 22.1 Å². The fraction of sp³-hybridized carbons (Fsp3) is 0.700. The first-order valence-corrected chi connectivity index (χ1v) is 10.6. The van der Waals surface area contributed by atoms with Crippen LogP contribution in [-0.4, -0.2) is 48.6 Å². The Bertz CT molecular complexity index is 503. The molecule has 1 aromatic heterocycles. The Morgan fingerprint density at radius 1 is 1.12 bits per heavy atom. The maximum absolute atomic E-state index is 12.0. The fourth-order valence-electron chi connectivity index (χ4n) is 3.05. The molecule has 1 heterocycles. The van der Waals surface area contributed by atoms with Gasteiger partial charge in [-0.1, -0.05) is 32.1 Å². The highest BCUT2D eigenvalue weighted by atomic mass is 32.1. The van der Waals surface area contributed by atoms with Gasteiger partial charge in [0.25, 0.3) is 0 Å². The van der Waals surface area contributed by atoms with Gasteiger partial charge in [0.1, 0.15) is 0 Å². The molecule has 26 heavy (non-hydrogen) atoms. The van der Waals surface area contributed by atoms with Gasteiger partial charge in [-0.15, -0.1) is 0 Å². The first kappa shape index (κ1) is 22.6. The van der Waals surface area contributed by atoms with E-state index < -0.39 is 5.97 Å². The zero-order valence-electron chi connectivity index (χ0n) is 16.2. The van der Waals surface area contributed by atoms with Crippen molar-refractivity contribution in [1.82, 2.24) is 10.2 Å². The van der Waals surface area contributed by atoms with Crippen LogP contribution in [0.3, 0.4) is 0 Å². The third-order valence-corrected chi connectivity index (χ3v) is 5.05. The summed E-state index contributed by atoms with van der Waals surface area (Å²) >= 11 is 1.76. The molecule has 1 rings (SSSR count). The lowest BCUT2D eigenvalue weighted by molar-refractivity contribution is -0.137. The minimum absolute atomic E-state index is 0.0324. The van der Waals surface area contributed by atoms with Crippen LogP contribution in [0.5, 0.6) is 0 Å². The van der Waals surface area contributed by atoms with E-state index in [1.165, 1.54) is 44.1 Å². The van der Waals surface area contributed by atoms with E-state index in [0.717, 1.165) is 12.8 Å². The summed E-state index contributed by atoms with van der Waals surface area (Å²) in [5.74, 6) is -0.912. The molecule has 0 unspecified atom stereocenters. The van der Waals surface area contributed by atoms with E-state index in [4.69, 9.17) is 5.11 Å². The van der Waals surface area contributed by atoms with Gasteiger partial charge in [-0.2, -0.15) is 11.3 Å². The highest BCUT2D eigenvalue weighted by Crippen LogP contribution is 2.13. The minimum Gasteiger partial charge on any atom is -0.481 e. The number of carbonyl (C=O) groups excluding carboxylic acids is 1. The Morgan fingerprint density at radius 3 is 2.35 bits per heavy atom. The largest absolute Gasteiger partial charge is 0.481 e. The molecular weight excluding hydrogens is 348 g/mol. The smallest absolute Gasteiger partial charge is 0.305 e. The van der Waals surface area contributed by atoms with Crippen LogP contribution >= 0.6 is 11.3 Å². The lowest BCUT2D eigenvalue weighted by Crippen LogP contribution is -2.42. The van der Waals surface area contributed by atoms with E-state index in [9.17, 15) is 9.59 Å². The number of amides is 1. The summed E-state index contributed by atoms with van der Waals surface area (Å²) in [6.07, 6.45) is 9.78. The van der Waals surface area contributed by atoms with Crippen molar-refractivity contribution in [2.75, 3.05) is 20.6 Å². The van der Waals surface area contributed by atoms with Crippen LogP contribution in [-0.2, 0) is 16.0 Å². The summed E-state index contributed by atoms with van der Waals surface area (Å²) in [7, 11) is 3.75. The van der Waals surface area contributed by atoms with Crippen LogP contribution in [0, 0.1) is 0 Å². The molecule has 5 nitrogen and oxygen atoms in total. The molecule has 6 heteroatoms. The number of nitrogens with zero attached hydrogens (tertiary/aromatic N) is 1. The maximum atomic E-state index is 12.0. The van der Waals surface area contributed by atoms with Crippen molar-refractivity contribution < 1.29 is 14.7 Å². The average molecular weight is 383 g/mol. The molecule has 1 aromatic rings. The molecule has 0 saturated heterocycles. The molecule has 0 spiro atoms. The van der Waals surface area contributed by atoms with Crippen LogP contribution in [0.2, 0.25) is 0 Å². The summed E-state index contributed by atoms with van der Waals surface area (Å²) in [6.45, 7) is 0.545. The van der Waals surface area contributed by atoms with Crippen molar-refractivity contribution >= 4 is 23.2 Å². The molecule has 0 fully saturated rings. The van der Waals surface area contributed by atoms with E-state index in [0.29, 0.717) is 13.0 Å². The standard InChI is InChI=1S/C20H34N2O3S/c1-22(2)15-18(14-20(24)25)21-19(23)11-9-7-5-3-4-6-8-10-17-12-13-26-16-17/h12-13,16,18H,3-11,14-15H2,1-2H3,(H,21,23)(H,24,25)/t18-/m1/s1. The number of thiophene rings is 1. The lowest BCUT2D eigenvalue weighted by Gasteiger charge is -2.20. The van der Waals surface area contributed by atoms with E-state index in [1.54, 1.807) is 11.3 Å². The van der Waals surface area contributed by atoms with E-state index in [1.807, 2.05) is 19.0 Å².